The molecule has 0 atom stereocenters. The maximum atomic E-state index is 11.7. The summed E-state index contributed by atoms with van der Waals surface area (Å²) in [5.41, 5.74) is 4.54. The molecule has 0 fully saturated rings. The molecule has 0 amide bonds. The molecule has 0 saturated carbocycles. The molecule has 0 bridgehead atoms. The number of fused-ring (bicyclic) bond motifs is 3. The third-order valence-electron chi connectivity index (χ3n) is 5.03. The van der Waals surface area contributed by atoms with Crippen molar-refractivity contribution in [1.29, 1.82) is 0 Å². The molecule has 128 valence electrons. The van der Waals surface area contributed by atoms with Crippen molar-refractivity contribution < 1.29 is 14.6 Å². The number of aryl methyl sites for hydroxylation is 1. The van der Waals surface area contributed by atoms with Crippen LogP contribution in [0.5, 0.6) is 5.75 Å². The molecular weight excluding hydrogens is 316 g/mol. The highest BCUT2D eigenvalue weighted by Crippen LogP contribution is 2.33. The quantitative estimate of drug-likeness (QED) is 0.789. The fourth-order valence-electron chi connectivity index (χ4n) is 3.90. The minimum Gasteiger partial charge on any atom is -0.496 e. The minimum absolute atomic E-state index is 0.279. The van der Waals surface area contributed by atoms with Crippen LogP contribution in [0.25, 0.3) is 11.0 Å². The fourth-order valence-corrected chi connectivity index (χ4v) is 3.90. The Morgan fingerprint density at radius 2 is 2.08 bits per heavy atom. The van der Waals surface area contributed by atoms with Gasteiger partial charge in [-0.2, -0.15) is 0 Å². The number of pyridine rings is 1. The molecule has 0 spiro atoms. The average Bonchev–Trinajstić information content (AvgIpc) is 2.96. The smallest absolute Gasteiger partial charge is 0.336 e. The van der Waals surface area contributed by atoms with Crippen LogP contribution in [0.15, 0.2) is 36.5 Å². The maximum absolute atomic E-state index is 11.7. The van der Waals surface area contributed by atoms with Crippen molar-refractivity contribution in [3.05, 3.63) is 58.9 Å². The lowest BCUT2D eigenvalue weighted by Crippen LogP contribution is -2.13. The van der Waals surface area contributed by atoms with Crippen LogP contribution in [0.1, 0.15) is 40.0 Å². The van der Waals surface area contributed by atoms with Gasteiger partial charge in [-0.1, -0.05) is 6.07 Å². The Kier molecular flexibility index (Phi) is 3.92. The first-order valence-corrected chi connectivity index (χ1v) is 8.55. The van der Waals surface area contributed by atoms with Crippen molar-refractivity contribution in [3.63, 3.8) is 0 Å². The molecule has 0 aliphatic heterocycles. The van der Waals surface area contributed by atoms with Crippen LogP contribution in [0.3, 0.4) is 0 Å². The summed E-state index contributed by atoms with van der Waals surface area (Å²) < 4.78 is 7.62. The summed E-state index contributed by atoms with van der Waals surface area (Å²) in [6.45, 7) is 0.453. The molecule has 4 rings (SSSR count). The van der Waals surface area contributed by atoms with E-state index in [9.17, 15) is 9.90 Å². The van der Waals surface area contributed by atoms with Gasteiger partial charge in [-0.25, -0.2) is 9.78 Å². The van der Waals surface area contributed by atoms with Gasteiger partial charge < -0.3 is 14.4 Å². The van der Waals surface area contributed by atoms with Crippen molar-refractivity contribution >= 4 is 17.0 Å². The molecule has 5 nitrogen and oxygen atoms in total. The first-order valence-electron chi connectivity index (χ1n) is 8.55. The van der Waals surface area contributed by atoms with Crippen molar-refractivity contribution in [1.82, 2.24) is 9.55 Å². The van der Waals surface area contributed by atoms with Crippen molar-refractivity contribution in [2.75, 3.05) is 7.11 Å². The third kappa shape index (κ3) is 2.56. The van der Waals surface area contributed by atoms with E-state index in [1.807, 2.05) is 12.1 Å². The summed E-state index contributed by atoms with van der Waals surface area (Å²) in [7, 11) is 1.58. The van der Waals surface area contributed by atoms with Crippen LogP contribution >= 0.6 is 0 Å². The average molecular weight is 336 g/mol. The third-order valence-corrected chi connectivity index (χ3v) is 5.03. The second-order valence-electron chi connectivity index (χ2n) is 6.38. The predicted octanol–water partition coefficient (Wildman–Crippen LogP) is 3.67. The van der Waals surface area contributed by atoms with Gasteiger partial charge >= 0.3 is 5.97 Å². The van der Waals surface area contributed by atoms with Crippen LogP contribution in [-0.4, -0.2) is 27.7 Å². The van der Waals surface area contributed by atoms with Gasteiger partial charge in [-0.15, -0.1) is 0 Å². The van der Waals surface area contributed by atoms with Crippen LogP contribution in [-0.2, 0) is 19.4 Å². The highest BCUT2D eigenvalue weighted by Gasteiger charge is 2.23. The lowest BCUT2D eigenvalue weighted by Gasteiger charge is -2.18. The topological polar surface area (TPSA) is 64.3 Å². The van der Waals surface area contributed by atoms with E-state index < -0.39 is 5.97 Å². The monoisotopic (exact) mass is 336 g/mol. The zero-order valence-corrected chi connectivity index (χ0v) is 14.2. The van der Waals surface area contributed by atoms with Gasteiger partial charge in [0.25, 0.3) is 0 Å². The zero-order chi connectivity index (χ0) is 17.4. The highest BCUT2D eigenvalue weighted by molar-refractivity contribution is 5.90. The summed E-state index contributed by atoms with van der Waals surface area (Å²) in [4.78, 5) is 16.3. The Morgan fingerprint density at radius 1 is 1.24 bits per heavy atom. The number of carboxylic acids is 1. The van der Waals surface area contributed by atoms with Gasteiger partial charge in [0.15, 0.2) is 0 Å². The Labute approximate surface area is 145 Å². The first-order chi connectivity index (χ1) is 12.2. The van der Waals surface area contributed by atoms with Crippen molar-refractivity contribution in [2.45, 2.75) is 32.2 Å². The molecular formula is C20H20N2O3. The van der Waals surface area contributed by atoms with Gasteiger partial charge in [0.1, 0.15) is 11.4 Å². The number of hydrogen-bond donors (Lipinski definition) is 1. The number of ether oxygens (including phenoxy) is 1. The minimum atomic E-state index is -0.938. The number of benzene rings is 1. The van der Waals surface area contributed by atoms with E-state index in [1.165, 1.54) is 23.1 Å². The number of aromatic nitrogens is 2. The number of nitrogens with zero attached hydrogens (tertiary/aromatic N) is 2. The molecule has 1 aromatic carbocycles. The van der Waals surface area contributed by atoms with E-state index in [1.54, 1.807) is 25.4 Å². The molecule has 0 saturated heterocycles. The Bertz CT molecular complexity index is 959. The summed E-state index contributed by atoms with van der Waals surface area (Å²) in [6, 6.07) is 9.24. The first kappa shape index (κ1) is 15.7. The lowest BCUT2D eigenvalue weighted by molar-refractivity contribution is 0.0695. The summed E-state index contributed by atoms with van der Waals surface area (Å²) >= 11 is 0. The maximum Gasteiger partial charge on any atom is 0.336 e. The lowest BCUT2D eigenvalue weighted by atomic mass is 9.96. The van der Waals surface area contributed by atoms with Crippen LogP contribution in [0.4, 0.5) is 0 Å². The van der Waals surface area contributed by atoms with Gasteiger partial charge in [-0.3, -0.25) is 0 Å². The van der Waals surface area contributed by atoms with Crippen LogP contribution in [0.2, 0.25) is 0 Å². The molecule has 1 aliphatic rings. The molecule has 0 unspecified atom stereocenters. The van der Waals surface area contributed by atoms with Crippen molar-refractivity contribution in [2.24, 2.45) is 0 Å². The predicted molar refractivity (Wildman–Crippen MR) is 95.4 cm³/mol. The van der Waals surface area contributed by atoms with E-state index in [-0.39, 0.29) is 5.56 Å². The fraction of sp³-hybridized carbons (Fsp3) is 0.300. The van der Waals surface area contributed by atoms with E-state index in [0.717, 1.165) is 24.9 Å². The van der Waals surface area contributed by atoms with Gasteiger partial charge in [0.05, 0.1) is 19.2 Å². The SMILES string of the molecule is COc1cccc(C(=O)O)c1Cn1c2c(c3cccnc31)CCCC2. The molecule has 2 heterocycles. The molecule has 2 aromatic heterocycles. The standard InChI is InChI=1S/C20H20N2O3/c1-25-18-10-4-7-15(20(23)24)16(18)12-22-17-9-3-2-6-13(17)14-8-5-11-21-19(14)22/h4-5,7-8,10-11H,2-3,6,9,12H2,1H3,(H,23,24). The van der Waals surface area contributed by atoms with E-state index >= 15 is 0 Å². The molecule has 5 heteroatoms. The molecule has 0 radical (unpaired) electrons. The molecule has 1 aliphatic carbocycles. The molecule has 3 aromatic rings. The second kappa shape index (κ2) is 6.24. The van der Waals surface area contributed by atoms with E-state index in [0.29, 0.717) is 17.9 Å². The Morgan fingerprint density at radius 3 is 2.88 bits per heavy atom. The van der Waals surface area contributed by atoms with Crippen molar-refractivity contribution in [3.8, 4) is 5.75 Å². The van der Waals surface area contributed by atoms with E-state index in [2.05, 4.69) is 15.6 Å². The van der Waals surface area contributed by atoms with Gasteiger partial charge in [0.2, 0.25) is 0 Å². The number of rotatable bonds is 4. The van der Waals surface area contributed by atoms with E-state index in [4.69, 9.17) is 4.74 Å². The van der Waals surface area contributed by atoms with Crippen LogP contribution < -0.4 is 4.74 Å². The number of hydrogen-bond acceptors (Lipinski definition) is 3. The highest BCUT2D eigenvalue weighted by atomic mass is 16.5. The summed E-state index contributed by atoms with van der Waals surface area (Å²) in [6.07, 6.45) is 6.20. The number of methoxy groups -OCH3 is 1. The number of carboxylic acid groups (broad SMARTS) is 1. The van der Waals surface area contributed by atoms with Gasteiger partial charge in [-0.05, 0) is 55.5 Å². The van der Waals surface area contributed by atoms with Gasteiger partial charge in [0, 0.05) is 22.8 Å². The van der Waals surface area contributed by atoms with Crippen LogP contribution in [0, 0.1) is 0 Å². The Hall–Kier alpha value is -2.82. The zero-order valence-electron chi connectivity index (χ0n) is 14.2. The summed E-state index contributed by atoms with van der Waals surface area (Å²) in [5, 5.41) is 10.8. The molecule has 25 heavy (non-hydrogen) atoms. The summed E-state index contributed by atoms with van der Waals surface area (Å²) in [5.74, 6) is -0.338. The number of carbonyl (C=O) groups is 1. The Balaban J connectivity index is 1.92. The molecule has 1 N–H and O–H groups in total. The largest absolute Gasteiger partial charge is 0.496 e. The second-order valence-corrected chi connectivity index (χ2v) is 6.38. The number of aromatic carboxylic acids is 1. The normalized spacial score (nSPS) is 13.6.